The molecule has 2 rings (SSSR count). The molecule has 2 amide bonds. The Labute approximate surface area is 109 Å². The maximum Gasteiger partial charge on any atom is 0.317 e. The molecule has 0 unspecified atom stereocenters. The van der Waals surface area contributed by atoms with E-state index < -0.39 is 0 Å². The number of hydrogen-bond donors (Lipinski definition) is 1. The number of likely N-dealkylation sites (tertiary alicyclic amines) is 1. The lowest BCUT2D eigenvalue weighted by Crippen LogP contribution is -2.39. The minimum Gasteiger partial charge on any atom is -0.385 e. The third-order valence-electron chi connectivity index (χ3n) is 3.96. The van der Waals surface area contributed by atoms with Crippen molar-refractivity contribution in [1.82, 2.24) is 10.2 Å². The lowest BCUT2D eigenvalue weighted by molar-refractivity contribution is 0.190. The van der Waals surface area contributed by atoms with Crippen molar-refractivity contribution in [1.29, 1.82) is 0 Å². The third-order valence-corrected chi connectivity index (χ3v) is 3.96. The van der Waals surface area contributed by atoms with Crippen LogP contribution in [0.1, 0.15) is 25.7 Å². The van der Waals surface area contributed by atoms with Crippen LogP contribution in [0.5, 0.6) is 0 Å². The smallest absolute Gasteiger partial charge is 0.317 e. The molecule has 0 bridgehead atoms. The highest BCUT2D eigenvalue weighted by Crippen LogP contribution is 2.32. The van der Waals surface area contributed by atoms with Crippen molar-refractivity contribution in [3.8, 4) is 0 Å². The van der Waals surface area contributed by atoms with Crippen LogP contribution >= 0.6 is 0 Å². The molecule has 1 N–H and O–H groups in total. The zero-order valence-electron chi connectivity index (χ0n) is 11.2. The summed E-state index contributed by atoms with van der Waals surface area (Å²) in [6.07, 6.45) is 8.79. The molecular weight excluding hydrogens is 228 g/mol. The van der Waals surface area contributed by atoms with E-state index in [0.717, 1.165) is 51.9 Å². The molecule has 0 aromatic rings. The maximum absolute atomic E-state index is 12.0. The third kappa shape index (κ3) is 3.48. The monoisotopic (exact) mass is 252 g/mol. The number of carbonyl (C=O) groups is 1. The van der Waals surface area contributed by atoms with Crippen molar-refractivity contribution in [3.63, 3.8) is 0 Å². The molecule has 0 aromatic carbocycles. The second-order valence-corrected chi connectivity index (χ2v) is 5.30. The number of rotatable bonds is 5. The van der Waals surface area contributed by atoms with E-state index in [9.17, 15) is 4.79 Å². The molecule has 4 heteroatoms. The molecule has 0 spiro atoms. The summed E-state index contributed by atoms with van der Waals surface area (Å²) in [7, 11) is 1.71. The molecular formula is C14H24N2O2. The van der Waals surface area contributed by atoms with Crippen LogP contribution in [0.15, 0.2) is 12.2 Å². The van der Waals surface area contributed by atoms with Crippen molar-refractivity contribution in [2.24, 2.45) is 11.8 Å². The number of hydrogen-bond acceptors (Lipinski definition) is 2. The Morgan fingerprint density at radius 1 is 1.28 bits per heavy atom. The molecule has 1 heterocycles. The summed E-state index contributed by atoms with van der Waals surface area (Å²) in [5.74, 6) is 1.38. The number of fused-ring (bicyclic) bond motifs is 1. The van der Waals surface area contributed by atoms with Gasteiger partial charge in [0.2, 0.25) is 0 Å². The second kappa shape index (κ2) is 6.78. The summed E-state index contributed by atoms with van der Waals surface area (Å²) >= 11 is 0. The Hall–Kier alpha value is -1.03. The van der Waals surface area contributed by atoms with Crippen LogP contribution in [0, 0.1) is 11.8 Å². The Bertz CT molecular complexity index is 288. The minimum atomic E-state index is 0.113. The second-order valence-electron chi connectivity index (χ2n) is 5.30. The van der Waals surface area contributed by atoms with Gasteiger partial charge >= 0.3 is 6.03 Å². The van der Waals surface area contributed by atoms with Crippen molar-refractivity contribution < 1.29 is 9.53 Å². The van der Waals surface area contributed by atoms with Crippen molar-refractivity contribution in [2.75, 3.05) is 33.4 Å². The van der Waals surface area contributed by atoms with Gasteiger partial charge in [-0.2, -0.15) is 0 Å². The quantitative estimate of drug-likeness (QED) is 0.601. The molecule has 0 saturated carbocycles. The van der Waals surface area contributed by atoms with E-state index in [1.807, 2.05) is 4.90 Å². The first-order chi connectivity index (χ1) is 8.81. The number of nitrogens with one attached hydrogen (secondary N) is 1. The van der Waals surface area contributed by atoms with E-state index in [0.29, 0.717) is 11.8 Å². The number of unbranched alkanes of at least 4 members (excludes halogenated alkanes) is 1. The van der Waals surface area contributed by atoms with Gasteiger partial charge in [0.1, 0.15) is 0 Å². The Morgan fingerprint density at radius 2 is 1.94 bits per heavy atom. The van der Waals surface area contributed by atoms with E-state index in [1.54, 1.807) is 7.11 Å². The molecule has 18 heavy (non-hydrogen) atoms. The molecule has 1 aliphatic carbocycles. The zero-order valence-corrected chi connectivity index (χ0v) is 11.2. The van der Waals surface area contributed by atoms with Gasteiger partial charge in [0.15, 0.2) is 0 Å². The van der Waals surface area contributed by atoms with E-state index >= 15 is 0 Å². The molecule has 0 radical (unpaired) electrons. The number of allylic oxidation sites excluding steroid dienone is 2. The van der Waals surface area contributed by atoms with Gasteiger partial charge in [0.25, 0.3) is 0 Å². The molecule has 1 saturated heterocycles. The van der Waals surface area contributed by atoms with Gasteiger partial charge in [0.05, 0.1) is 0 Å². The standard InChI is InChI=1S/C14H24N2O2/c1-18-9-5-4-8-15-14(17)16-10-12-6-2-3-7-13(12)11-16/h2-3,12-13H,4-11H2,1H3,(H,15,17)/t12-,13-/m0/s1. The Balaban J connectivity index is 1.65. The summed E-state index contributed by atoms with van der Waals surface area (Å²) < 4.78 is 4.98. The first kappa shape index (κ1) is 13.4. The SMILES string of the molecule is COCCCCNC(=O)N1C[C@@H]2CC=CC[C@H]2C1. The summed E-state index contributed by atoms with van der Waals surface area (Å²) in [6, 6.07) is 0.113. The zero-order chi connectivity index (χ0) is 12.8. The first-order valence-corrected chi connectivity index (χ1v) is 6.98. The fraction of sp³-hybridized carbons (Fsp3) is 0.786. The summed E-state index contributed by atoms with van der Waals surface area (Å²) in [5, 5.41) is 3.00. The van der Waals surface area contributed by atoms with Gasteiger partial charge in [-0.3, -0.25) is 0 Å². The number of nitrogens with zero attached hydrogens (tertiary/aromatic N) is 1. The maximum atomic E-state index is 12.0. The molecule has 1 fully saturated rings. The van der Waals surface area contributed by atoms with Crippen LogP contribution in [-0.4, -0.2) is 44.3 Å². The van der Waals surface area contributed by atoms with Crippen molar-refractivity contribution in [3.05, 3.63) is 12.2 Å². The van der Waals surface area contributed by atoms with E-state index in [2.05, 4.69) is 17.5 Å². The van der Waals surface area contributed by atoms with Crippen LogP contribution in [0.25, 0.3) is 0 Å². The van der Waals surface area contributed by atoms with E-state index in [1.165, 1.54) is 0 Å². The molecule has 4 nitrogen and oxygen atoms in total. The van der Waals surface area contributed by atoms with Gasteiger partial charge in [-0.25, -0.2) is 4.79 Å². The summed E-state index contributed by atoms with van der Waals surface area (Å²) in [6.45, 7) is 3.39. The predicted octanol–water partition coefficient (Wildman–Crippen LogP) is 2.02. The molecule has 2 atom stereocenters. The highest BCUT2D eigenvalue weighted by Gasteiger charge is 2.34. The molecule has 0 aromatic heterocycles. The minimum absolute atomic E-state index is 0.113. The Morgan fingerprint density at radius 3 is 2.56 bits per heavy atom. The lowest BCUT2D eigenvalue weighted by atomic mass is 9.86. The molecule has 2 aliphatic rings. The fourth-order valence-corrected chi connectivity index (χ4v) is 2.86. The van der Waals surface area contributed by atoms with Crippen molar-refractivity contribution in [2.45, 2.75) is 25.7 Å². The number of ether oxygens (including phenoxy) is 1. The topological polar surface area (TPSA) is 41.6 Å². The van der Waals surface area contributed by atoms with Crippen LogP contribution in [-0.2, 0) is 4.74 Å². The lowest BCUT2D eigenvalue weighted by Gasteiger charge is -2.17. The highest BCUT2D eigenvalue weighted by molar-refractivity contribution is 5.74. The average molecular weight is 252 g/mol. The summed E-state index contributed by atoms with van der Waals surface area (Å²) in [5.41, 5.74) is 0. The van der Waals surface area contributed by atoms with Gasteiger partial charge < -0.3 is 15.0 Å². The fourth-order valence-electron chi connectivity index (χ4n) is 2.86. The van der Waals surface area contributed by atoms with Gasteiger partial charge in [-0.05, 0) is 37.5 Å². The largest absolute Gasteiger partial charge is 0.385 e. The van der Waals surface area contributed by atoms with Crippen molar-refractivity contribution >= 4 is 6.03 Å². The number of urea groups is 1. The average Bonchev–Trinajstić information content (AvgIpc) is 2.82. The normalized spacial score (nSPS) is 26.2. The highest BCUT2D eigenvalue weighted by atomic mass is 16.5. The van der Waals surface area contributed by atoms with Crippen LogP contribution in [0.3, 0.4) is 0 Å². The Kier molecular flexibility index (Phi) is 5.05. The van der Waals surface area contributed by atoms with E-state index in [4.69, 9.17) is 4.74 Å². The van der Waals surface area contributed by atoms with Gasteiger partial charge in [-0.1, -0.05) is 12.2 Å². The molecule has 102 valence electrons. The molecule has 1 aliphatic heterocycles. The van der Waals surface area contributed by atoms with E-state index in [-0.39, 0.29) is 6.03 Å². The van der Waals surface area contributed by atoms with Crippen LogP contribution < -0.4 is 5.32 Å². The van der Waals surface area contributed by atoms with Crippen LogP contribution in [0.2, 0.25) is 0 Å². The van der Waals surface area contributed by atoms with Crippen LogP contribution in [0.4, 0.5) is 4.79 Å². The van der Waals surface area contributed by atoms with Gasteiger partial charge in [-0.15, -0.1) is 0 Å². The van der Waals surface area contributed by atoms with Gasteiger partial charge in [0, 0.05) is 33.4 Å². The number of amides is 2. The number of methoxy groups -OCH3 is 1. The first-order valence-electron chi connectivity index (χ1n) is 6.98. The predicted molar refractivity (Wildman–Crippen MR) is 71.4 cm³/mol. The summed E-state index contributed by atoms with van der Waals surface area (Å²) in [4.78, 5) is 14.0. The number of carbonyl (C=O) groups excluding carboxylic acids is 1.